The average Bonchev–Trinajstić information content (AvgIpc) is 3.23. The number of amides is 1. The van der Waals surface area contributed by atoms with Gasteiger partial charge in [0.2, 0.25) is 0 Å². The number of nitrogens with zero attached hydrogens (tertiary/aromatic N) is 4. The SMILES string of the molecule is CCn1c(=NC(=O)C=Cc2ccc([N+](=O)[O-])s2)sc2cc([N+](=O)[O-])ccc21. The fourth-order valence-corrected chi connectivity index (χ4v) is 4.24. The van der Waals surface area contributed by atoms with E-state index in [9.17, 15) is 25.0 Å². The number of benzene rings is 1. The van der Waals surface area contributed by atoms with Crippen LogP contribution in [-0.2, 0) is 11.3 Å². The first kappa shape index (κ1) is 18.6. The van der Waals surface area contributed by atoms with Gasteiger partial charge in [0.1, 0.15) is 0 Å². The summed E-state index contributed by atoms with van der Waals surface area (Å²) < 4.78 is 2.46. The summed E-state index contributed by atoms with van der Waals surface area (Å²) in [5, 5.41) is 21.6. The van der Waals surface area contributed by atoms with E-state index in [0.717, 1.165) is 16.9 Å². The molecule has 0 radical (unpaired) electrons. The summed E-state index contributed by atoms with van der Waals surface area (Å²) in [5.74, 6) is -0.519. The van der Waals surface area contributed by atoms with Crippen LogP contribution in [0.5, 0.6) is 0 Å². The van der Waals surface area contributed by atoms with E-state index in [1.807, 2.05) is 6.92 Å². The third-order valence-corrected chi connectivity index (χ3v) is 5.63. The molecule has 2 heterocycles. The molecule has 0 atom stereocenters. The Morgan fingerprint density at radius 1 is 1.19 bits per heavy atom. The molecule has 0 fully saturated rings. The zero-order valence-electron chi connectivity index (χ0n) is 13.9. The van der Waals surface area contributed by atoms with Gasteiger partial charge in [-0.05, 0) is 25.1 Å². The van der Waals surface area contributed by atoms with Gasteiger partial charge in [-0.1, -0.05) is 22.7 Å². The van der Waals surface area contributed by atoms with E-state index >= 15 is 0 Å². The second-order valence-electron chi connectivity index (χ2n) is 5.25. The largest absolute Gasteiger partial charge is 0.324 e. The fourth-order valence-electron chi connectivity index (χ4n) is 2.38. The lowest BCUT2D eigenvalue weighted by atomic mass is 10.3. The fraction of sp³-hybridized carbons (Fsp3) is 0.125. The van der Waals surface area contributed by atoms with E-state index in [2.05, 4.69) is 4.99 Å². The Morgan fingerprint density at radius 3 is 2.59 bits per heavy atom. The van der Waals surface area contributed by atoms with Crippen LogP contribution < -0.4 is 4.80 Å². The van der Waals surface area contributed by atoms with Crippen LogP contribution >= 0.6 is 22.7 Å². The molecule has 0 spiro atoms. The molecule has 0 aliphatic rings. The number of fused-ring (bicyclic) bond motifs is 1. The van der Waals surface area contributed by atoms with Gasteiger partial charge in [-0.25, -0.2) is 0 Å². The number of thiazole rings is 1. The lowest BCUT2D eigenvalue weighted by Crippen LogP contribution is -2.15. The molecule has 0 bridgehead atoms. The van der Waals surface area contributed by atoms with Crippen LogP contribution in [0.1, 0.15) is 11.8 Å². The van der Waals surface area contributed by atoms with Gasteiger partial charge in [0.15, 0.2) is 4.80 Å². The van der Waals surface area contributed by atoms with E-state index < -0.39 is 15.8 Å². The van der Waals surface area contributed by atoms with Crippen LogP contribution in [0.15, 0.2) is 41.4 Å². The monoisotopic (exact) mass is 404 g/mol. The molecule has 0 N–H and O–H groups in total. The number of aromatic nitrogens is 1. The van der Waals surface area contributed by atoms with Crippen molar-refractivity contribution in [2.75, 3.05) is 0 Å². The number of nitro groups is 2. The number of hydrogen-bond acceptors (Lipinski definition) is 7. The Bertz CT molecular complexity index is 1160. The lowest BCUT2D eigenvalue weighted by molar-refractivity contribution is -0.384. The van der Waals surface area contributed by atoms with Gasteiger partial charge in [-0.15, -0.1) is 0 Å². The topological polar surface area (TPSA) is 121 Å². The molecule has 0 aliphatic heterocycles. The Labute approximate surface area is 159 Å². The van der Waals surface area contributed by atoms with E-state index in [4.69, 9.17) is 0 Å². The third-order valence-electron chi connectivity index (χ3n) is 3.58. The van der Waals surface area contributed by atoms with Crippen LogP contribution in [0.3, 0.4) is 0 Å². The number of nitro benzene ring substituents is 1. The molecular weight excluding hydrogens is 392 g/mol. The van der Waals surface area contributed by atoms with Crippen molar-refractivity contribution in [3.63, 3.8) is 0 Å². The molecule has 1 amide bonds. The molecular formula is C16H12N4O5S2. The van der Waals surface area contributed by atoms with Crippen molar-refractivity contribution in [2.45, 2.75) is 13.5 Å². The minimum Gasteiger partial charge on any atom is -0.317 e. The summed E-state index contributed by atoms with van der Waals surface area (Å²) in [5.41, 5.74) is 0.738. The Balaban J connectivity index is 1.93. The average molecular weight is 404 g/mol. The van der Waals surface area contributed by atoms with Gasteiger partial charge in [-0.3, -0.25) is 25.0 Å². The van der Waals surface area contributed by atoms with E-state index in [0.29, 0.717) is 20.9 Å². The Morgan fingerprint density at radius 2 is 1.96 bits per heavy atom. The van der Waals surface area contributed by atoms with Crippen LogP contribution in [0.25, 0.3) is 16.3 Å². The molecule has 11 heteroatoms. The predicted octanol–water partition coefficient (Wildman–Crippen LogP) is 3.74. The highest BCUT2D eigenvalue weighted by atomic mass is 32.1. The predicted molar refractivity (Wildman–Crippen MR) is 103 cm³/mol. The quantitative estimate of drug-likeness (QED) is 0.364. The molecule has 0 saturated heterocycles. The molecule has 2 aromatic heterocycles. The highest BCUT2D eigenvalue weighted by Crippen LogP contribution is 2.25. The first-order chi connectivity index (χ1) is 12.9. The molecule has 138 valence electrons. The van der Waals surface area contributed by atoms with Gasteiger partial charge in [0.25, 0.3) is 11.6 Å². The summed E-state index contributed by atoms with van der Waals surface area (Å²) in [6.07, 6.45) is 2.71. The minimum atomic E-state index is -0.519. The Kier molecular flexibility index (Phi) is 5.23. The highest BCUT2D eigenvalue weighted by Gasteiger charge is 2.12. The smallest absolute Gasteiger partial charge is 0.317 e. The molecule has 1 aromatic carbocycles. The van der Waals surface area contributed by atoms with Crippen LogP contribution in [0.2, 0.25) is 0 Å². The van der Waals surface area contributed by atoms with Gasteiger partial charge in [0.05, 0.1) is 20.1 Å². The molecule has 0 saturated carbocycles. The molecule has 0 unspecified atom stereocenters. The zero-order valence-corrected chi connectivity index (χ0v) is 15.5. The van der Waals surface area contributed by atoms with Crippen molar-refractivity contribution in [1.29, 1.82) is 0 Å². The van der Waals surface area contributed by atoms with E-state index in [-0.39, 0.29) is 10.7 Å². The number of rotatable bonds is 5. The number of thiophene rings is 1. The Hall–Kier alpha value is -3.18. The zero-order chi connectivity index (χ0) is 19.6. The number of aryl methyl sites for hydroxylation is 1. The second kappa shape index (κ2) is 7.60. The third kappa shape index (κ3) is 3.99. The standard InChI is InChI=1S/C16H12N4O5S2/c1-2-18-12-6-3-10(19(22)23)9-13(12)27-16(18)17-14(21)7-4-11-5-8-15(26-11)20(24)25/h3-9H,2H2,1H3. The minimum absolute atomic E-state index is 0.00559. The van der Waals surface area contributed by atoms with Gasteiger partial charge in [-0.2, -0.15) is 4.99 Å². The van der Waals surface area contributed by atoms with Crippen molar-refractivity contribution in [1.82, 2.24) is 4.57 Å². The maximum absolute atomic E-state index is 12.1. The van der Waals surface area contributed by atoms with Crippen molar-refractivity contribution >= 4 is 55.6 Å². The molecule has 0 aliphatic carbocycles. The second-order valence-corrected chi connectivity index (χ2v) is 7.36. The van der Waals surface area contributed by atoms with Crippen molar-refractivity contribution in [3.05, 3.63) is 66.3 Å². The van der Waals surface area contributed by atoms with Gasteiger partial charge in [0, 0.05) is 35.7 Å². The van der Waals surface area contributed by atoms with E-state index in [1.54, 1.807) is 16.7 Å². The van der Waals surface area contributed by atoms with Crippen LogP contribution in [0.4, 0.5) is 10.7 Å². The van der Waals surface area contributed by atoms with Gasteiger partial charge >= 0.3 is 5.00 Å². The molecule has 27 heavy (non-hydrogen) atoms. The first-order valence-corrected chi connectivity index (χ1v) is 9.31. The number of non-ortho nitro benzene ring substituents is 1. The maximum atomic E-state index is 12.1. The van der Waals surface area contributed by atoms with Crippen LogP contribution in [-0.4, -0.2) is 20.3 Å². The normalized spacial score (nSPS) is 12.1. The summed E-state index contributed by atoms with van der Waals surface area (Å²) in [6.45, 7) is 2.43. The number of hydrogen-bond donors (Lipinski definition) is 0. The van der Waals surface area contributed by atoms with Gasteiger partial charge < -0.3 is 4.57 Å². The summed E-state index contributed by atoms with van der Waals surface area (Å²) in [6, 6.07) is 7.43. The molecule has 3 rings (SSSR count). The van der Waals surface area contributed by atoms with Crippen molar-refractivity contribution in [3.8, 4) is 0 Å². The summed E-state index contributed by atoms with van der Waals surface area (Å²) in [4.78, 5) is 37.8. The van der Waals surface area contributed by atoms with Crippen molar-refractivity contribution < 1.29 is 14.6 Å². The maximum Gasteiger partial charge on any atom is 0.324 e. The highest BCUT2D eigenvalue weighted by molar-refractivity contribution is 7.16. The summed E-state index contributed by atoms with van der Waals surface area (Å²) in [7, 11) is 0. The summed E-state index contributed by atoms with van der Waals surface area (Å²) >= 11 is 2.15. The molecule has 9 nitrogen and oxygen atoms in total. The lowest BCUT2D eigenvalue weighted by Gasteiger charge is -1.99. The number of carbonyl (C=O) groups is 1. The first-order valence-electron chi connectivity index (χ1n) is 7.68. The number of carbonyl (C=O) groups excluding carboxylic acids is 1. The van der Waals surface area contributed by atoms with E-state index in [1.165, 1.54) is 41.7 Å². The molecule has 3 aromatic rings. The van der Waals surface area contributed by atoms with Crippen LogP contribution in [0, 0.1) is 20.2 Å². The van der Waals surface area contributed by atoms with Crippen molar-refractivity contribution in [2.24, 2.45) is 4.99 Å².